The molecule has 0 aromatic heterocycles. The molecule has 0 fully saturated rings. The van der Waals surface area contributed by atoms with Crippen molar-refractivity contribution in [3.8, 4) is 0 Å². The molecule has 2 N–H and O–H groups in total. The summed E-state index contributed by atoms with van der Waals surface area (Å²) in [5.41, 5.74) is 6.11. The van der Waals surface area contributed by atoms with Crippen molar-refractivity contribution in [2.75, 3.05) is 17.2 Å². The van der Waals surface area contributed by atoms with E-state index in [4.69, 9.17) is 5.73 Å². The van der Waals surface area contributed by atoms with Crippen LogP contribution in [0.3, 0.4) is 0 Å². The molecular formula is C14H17NO4S2. The maximum atomic E-state index is 12.3. The fourth-order valence-electron chi connectivity index (χ4n) is 1.65. The third-order valence-electron chi connectivity index (χ3n) is 2.54. The third-order valence-corrected chi connectivity index (χ3v) is 5.66. The van der Waals surface area contributed by atoms with Gasteiger partial charge in [-0.3, -0.25) is 0 Å². The van der Waals surface area contributed by atoms with Gasteiger partial charge in [-0.05, 0) is 6.07 Å². The minimum Gasteiger partial charge on any atom is -0.398 e. The van der Waals surface area contributed by atoms with Crippen LogP contribution in [0.5, 0.6) is 0 Å². The first-order chi connectivity index (χ1) is 9.73. The number of hydrogen-bond donors (Lipinski definition) is 1. The minimum absolute atomic E-state index is 0.159. The standard InChI is InChI=1S/C14H17NO4S2/c1-3-9-20(16,17)11-14(21(18,19)10-4-2)12-7-5-6-8-13(12)15/h3-8,11H,1-2,9-10,15H2/b14-11+. The van der Waals surface area contributed by atoms with E-state index >= 15 is 0 Å². The lowest BCUT2D eigenvalue weighted by Gasteiger charge is -2.10. The summed E-state index contributed by atoms with van der Waals surface area (Å²) in [6.07, 6.45) is 2.39. The van der Waals surface area contributed by atoms with Crippen molar-refractivity contribution in [3.05, 3.63) is 60.5 Å². The molecule has 114 valence electrons. The second kappa shape index (κ2) is 6.73. The maximum Gasteiger partial charge on any atom is 0.183 e. The number of para-hydroxylation sites is 1. The highest BCUT2D eigenvalue weighted by Crippen LogP contribution is 2.28. The Labute approximate surface area is 125 Å². The molecule has 0 saturated carbocycles. The van der Waals surface area contributed by atoms with Crippen molar-refractivity contribution in [1.29, 1.82) is 0 Å². The van der Waals surface area contributed by atoms with E-state index in [1.165, 1.54) is 24.3 Å². The fourth-order valence-corrected chi connectivity index (χ4v) is 4.56. The van der Waals surface area contributed by atoms with Gasteiger partial charge in [-0.2, -0.15) is 0 Å². The molecule has 0 amide bonds. The molecular weight excluding hydrogens is 310 g/mol. The highest BCUT2D eigenvalue weighted by Gasteiger charge is 2.23. The average Bonchev–Trinajstić information content (AvgIpc) is 2.37. The normalized spacial score (nSPS) is 12.9. The summed E-state index contributed by atoms with van der Waals surface area (Å²) in [6, 6.07) is 6.19. The largest absolute Gasteiger partial charge is 0.398 e. The summed E-state index contributed by atoms with van der Waals surface area (Å²) < 4.78 is 48.4. The Hall–Kier alpha value is -1.86. The fraction of sp³-hybridized carbons (Fsp3) is 0.143. The number of nitrogen functional groups attached to an aromatic ring is 1. The van der Waals surface area contributed by atoms with Crippen molar-refractivity contribution in [2.24, 2.45) is 0 Å². The smallest absolute Gasteiger partial charge is 0.183 e. The van der Waals surface area contributed by atoms with Crippen LogP contribution in [0.15, 0.2) is 55.0 Å². The van der Waals surface area contributed by atoms with Gasteiger partial charge >= 0.3 is 0 Å². The molecule has 7 heteroatoms. The Morgan fingerprint density at radius 1 is 1.05 bits per heavy atom. The molecule has 0 spiro atoms. The number of anilines is 1. The summed E-state index contributed by atoms with van der Waals surface area (Å²) >= 11 is 0. The van der Waals surface area contributed by atoms with Crippen molar-refractivity contribution in [1.82, 2.24) is 0 Å². The van der Waals surface area contributed by atoms with Gasteiger partial charge in [0.2, 0.25) is 0 Å². The highest BCUT2D eigenvalue weighted by molar-refractivity contribution is 8.03. The summed E-state index contributed by atoms with van der Waals surface area (Å²) in [4.78, 5) is -0.331. The van der Waals surface area contributed by atoms with Gasteiger partial charge in [0, 0.05) is 11.3 Å². The molecule has 0 aliphatic heterocycles. The Balaban J connectivity index is 3.61. The number of rotatable bonds is 7. The number of hydrogen-bond acceptors (Lipinski definition) is 5. The van der Waals surface area contributed by atoms with E-state index in [9.17, 15) is 16.8 Å². The molecule has 0 aliphatic rings. The van der Waals surface area contributed by atoms with E-state index in [1.807, 2.05) is 0 Å². The van der Waals surface area contributed by atoms with E-state index in [2.05, 4.69) is 13.2 Å². The molecule has 0 radical (unpaired) electrons. The molecule has 0 heterocycles. The summed E-state index contributed by atoms with van der Waals surface area (Å²) in [5.74, 6) is -0.733. The van der Waals surface area contributed by atoms with Crippen LogP contribution in [0.4, 0.5) is 5.69 Å². The Kier molecular flexibility index (Phi) is 5.51. The van der Waals surface area contributed by atoms with Crippen molar-refractivity contribution < 1.29 is 16.8 Å². The predicted octanol–water partition coefficient (Wildman–Crippen LogP) is 1.77. The van der Waals surface area contributed by atoms with Crippen molar-refractivity contribution in [2.45, 2.75) is 0 Å². The lowest BCUT2D eigenvalue weighted by molar-refractivity contribution is 0.604. The first kappa shape index (κ1) is 17.2. The van der Waals surface area contributed by atoms with Crippen LogP contribution in [0, 0.1) is 0 Å². The van der Waals surface area contributed by atoms with Gasteiger partial charge in [0.05, 0.1) is 21.8 Å². The summed E-state index contributed by atoms with van der Waals surface area (Å²) in [7, 11) is -7.60. The molecule has 0 aliphatic carbocycles. The van der Waals surface area contributed by atoms with Crippen LogP contribution in [0.2, 0.25) is 0 Å². The van der Waals surface area contributed by atoms with Gasteiger partial charge in [-0.1, -0.05) is 30.4 Å². The summed E-state index contributed by atoms with van der Waals surface area (Å²) in [6.45, 7) is 6.72. The molecule has 0 saturated heterocycles. The van der Waals surface area contributed by atoms with Crippen LogP contribution in [0.1, 0.15) is 5.56 Å². The molecule has 0 atom stereocenters. The first-order valence-electron chi connectivity index (χ1n) is 5.97. The lowest BCUT2D eigenvalue weighted by atomic mass is 10.2. The first-order valence-corrected chi connectivity index (χ1v) is 9.34. The monoisotopic (exact) mass is 327 g/mol. The molecule has 1 rings (SSSR count). The van der Waals surface area contributed by atoms with Crippen LogP contribution >= 0.6 is 0 Å². The number of sulfone groups is 2. The second-order valence-corrected chi connectivity index (χ2v) is 8.16. The molecule has 21 heavy (non-hydrogen) atoms. The van der Waals surface area contributed by atoms with E-state index in [1.54, 1.807) is 12.1 Å². The maximum absolute atomic E-state index is 12.3. The second-order valence-electron chi connectivity index (χ2n) is 4.26. The van der Waals surface area contributed by atoms with Gasteiger partial charge in [0.25, 0.3) is 0 Å². The number of benzene rings is 1. The van der Waals surface area contributed by atoms with E-state index in [-0.39, 0.29) is 27.7 Å². The zero-order valence-electron chi connectivity index (χ0n) is 11.4. The van der Waals surface area contributed by atoms with Gasteiger partial charge in [-0.25, -0.2) is 16.8 Å². The van der Waals surface area contributed by atoms with E-state index in [0.29, 0.717) is 0 Å². The SMILES string of the molecule is C=CCS(=O)(=O)/C=C(\c1ccccc1N)S(=O)(=O)CC=C. The van der Waals surface area contributed by atoms with Gasteiger partial charge < -0.3 is 5.73 Å². The van der Waals surface area contributed by atoms with E-state index < -0.39 is 19.7 Å². The lowest BCUT2D eigenvalue weighted by Crippen LogP contribution is -2.11. The minimum atomic E-state index is -3.85. The Morgan fingerprint density at radius 3 is 2.14 bits per heavy atom. The van der Waals surface area contributed by atoms with Crippen molar-refractivity contribution in [3.63, 3.8) is 0 Å². The third kappa shape index (κ3) is 4.57. The van der Waals surface area contributed by atoms with Gasteiger partial charge in [0.1, 0.15) is 0 Å². The molecule has 0 unspecified atom stereocenters. The molecule has 0 bridgehead atoms. The van der Waals surface area contributed by atoms with Gasteiger partial charge in [0.15, 0.2) is 19.7 Å². The average molecular weight is 327 g/mol. The van der Waals surface area contributed by atoms with Crippen LogP contribution in [-0.2, 0) is 19.7 Å². The summed E-state index contributed by atoms with van der Waals surface area (Å²) in [5, 5.41) is 0.735. The molecule has 1 aromatic carbocycles. The van der Waals surface area contributed by atoms with Crippen LogP contribution in [0.25, 0.3) is 4.91 Å². The molecule has 5 nitrogen and oxygen atoms in total. The van der Waals surface area contributed by atoms with Crippen LogP contribution < -0.4 is 5.73 Å². The van der Waals surface area contributed by atoms with Gasteiger partial charge in [-0.15, -0.1) is 13.2 Å². The zero-order chi connectivity index (χ0) is 16.1. The zero-order valence-corrected chi connectivity index (χ0v) is 13.0. The van der Waals surface area contributed by atoms with E-state index in [0.717, 1.165) is 5.41 Å². The quantitative estimate of drug-likeness (QED) is 0.608. The Morgan fingerprint density at radius 2 is 1.62 bits per heavy atom. The molecule has 1 aromatic rings. The Bertz CT molecular complexity index is 775. The number of nitrogens with two attached hydrogens (primary N) is 1. The highest BCUT2D eigenvalue weighted by atomic mass is 32.2. The predicted molar refractivity (Wildman–Crippen MR) is 86.8 cm³/mol. The van der Waals surface area contributed by atoms with Crippen LogP contribution in [-0.4, -0.2) is 28.3 Å². The topological polar surface area (TPSA) is 94.3 Å². The van der Waals surface area contributed by atoms with Crippen molar-refractivity contribution >= 4 is 30.3 Å².